The van der Waals surface area contributed by atoms with Gasteiger partial charge in [-0.15, -0.1) is 0 Å². The van der Waals surface area contributed by atoms with Crippen LogP contribution in [0.1, 0.15) is 33.6 Å². The summed E-state index contributed by atoms with van der Waals surface area (Å²) in [5.41, 5.74) is 5.19. The average Bonchev–Trinajstić information content (AvgIpc) is 2.16. The molecule has 1 unspecified atom stereocenters. The van der Waals surface area contributed by atoms with Crippen LogP contribution in [-0.2, 0) is 4.79 Å². The fourth-order valence-electron chi connectivity index (χ4n) is 2.01. The van der Waals surface area contributed by atoms with E-state index in [9.17, 15) is 4.79 Å². The van der Waals surface area contributed by atoms with E-state index in [0.29, 0.717) is 19.0 Å². The fraction of sp³-hybridized carbons (Fsp3) is 0.818. The van der Waals surface area contributed by atoms with Crippen molar-refractivity contribution >= 4 is 11.9 Å². The van der Waals surface area contributed by atoms with Gasteiger partial charge in [-0.2, -0.15) is 0 Å². The lowest BCUT2D eigenvalue weighted by Gasteiger charge is -2.33. The summed E-state index contributed by atoms with van der Waals surface area (Å²) in [7, 11) is 0. The second kappa shape index (κ2) is 7.89. The molecule has 0 amide bonds. The number of rotatable bonds is 8. The van der Waals surface area contributed by atoms with E-state index in [1.54, 1.807) is 0 Å². The topological polar surface area (TPSA) is 102 Å². The Morgan fingerprint density at radius 2 is 2.12 bits per heavy atom. The van der Waals surface area contributed by atoms with Gasteiger partial charge in [-0.3, -0.25) is 15.1 Å². The van der Waals surface area contributed by atoms with Gasteiger partial charge in [0.25, 0.3) is 0 Å². The number of aliphatic carboxylic acids is 1. The van der Waals surface area contributed by atoms with E-state index in [4.69, 9.17) is 16.2 Å². The highest BCUT2D eigenvalue weighted by Crippen LogP contribution is 2.12. The number of hydrogen-bond acceptors (Lipinski definition) is 3. The van der Waals surface area contributed by atoms with Crippen molar-refractivity contribution in [2.24, 2.45) is 5.73 Å². The third kappa shape index (κ3) is 6.78. The number of nitrogens with two attached hydrogens (primary N) is 1. The van der Waals surface area contributed by atoms with Crippen molar-refractivity contribution in [3.05, 3.63) is 0 Å². The molecule has 0 fully saturated rings. The van der Waals surface area contributed by atoms with Crippen LogP contribution in [0.3, 0.4) is 0 Å². The third-order valence-corrected chi connectivity index (χ3v) is 2.70. The summed E-state index contributed by atoms with van der Waals surface area (Å²) in [4.78, 5) is 13.0. The van der Waals surface area contributed by atoms with Crippen molar-refractivity contribution in [2.75, 3.05) is 13.1 Å². The van der Waals surface area contributed by atoms with E-state index in [0.717, 1.165) is 6.54 Å². The molecule has 0 aromatic rings. The lowest BCUT2D eigenvalue weighted by Crippen LogP contribution is -2.44. The summed E-state index contributed by atoms with van der Waals surface area (Å²) >= 11 is 0. The number of carboxylic acids is 1. The summed E-state index contributed by atoms with van der Waals surface area (Å²) in [5, 5.41) is 18.7. The van der Waals surface area contributed by atoms with Crippen LogP contribution in [0.25, 0.3) is 0 Å². The molecule has 0 saturated carbocycles. The van der Waals surface area contributed by atoms with Crippen LogP contribution in [0.15, 0.2) is 0 Å². The SMILES string of the molecule is CCN(C(C)C)C(CCNC(=N)N)CC(=O)O. The van der Waals surface area contributed by atoms with Crippen molar-refractivity contribution in [2.45, 2.75) is 45.7 Å². The zero-order chi connectivity index (χ0) is 13.4. The molecular weight excluding hydrogens is 220 g/mol. The highest BCUT2D eigenvalue weighted by molar-refractivity contribution is 5.74. The lowest BCUT2D eigenvalue weighted by molar-refractivity contribution is -0.138. The quantitative estimate of drug-likeness (QED) is 0.366. The van der Waals surface area contributed by atoms with Crippen LogP contribution >= 0.6 is 0 Å². The molecule has 0 aliphatic carbocycles. The predicted molar refractivity (Wildman–Crippen MR) is 68.1 cm³/mol. The smallest absolute Gasteiger partial charge is 0.304 e. The van der Waals surface area contributed by atoms with Gasteiger partial charge in [0.1, 0.15) is 0 Å². The maximum absolute atomic E-state index is 10.8. The third-order valence-electron chi connectivity index (χ3n) is 2.70. The first-order valence-electron chi connectivity index (χ1n) is 5.93. The maximum atomic E-state index is 10.8. The molecule has 0 aliphatic heterocycles. The van der Waals surface area contributed by atoms with Crippen molar-refractivity contribution in [3.8, 4) is 0 Å². The minimum Gasteiger partial charge on any atom is -0.481 e. The Bertz CT molecular complexity index is 256. The van der Waals surface area contributed by atoms with Crippen molar-refractivity contribution in [1.82, 2.24) is 10.2 Å². The van der Waals surface area contributed by atoms with E-state index in [-0.39, 0.29) is 18.4 Å². The van der Waals surface area contributed by atoms with Crippen LogP contribution in [0.5, 0.6) is 0 Å². The fourth-order valence-corrected chi connectivity index (χ4v) is 2.01. The molecule has 0 saturated heterocycles. The van der Waals surface area contributed by atoms with Gasteiger partial charge >= 0.3 is 5.97 Å². The van der Waals surface area contributed by atoms with Crippen molar-refractivity contribution in [3.63, 3.8) is 0 Å². The van der Waals surface area contributed by atoms with Crippen LogP contribution in [0.4, 0.5) is 0 Å². The Morgan fingerprint density at radius 1 is 1.53 bits per heavy atom. The highest BCUT2D eigenvalue weighted by Gasteiger charge is 2.21. The van der Waals surface area contributed by atoms with Crippen molar-refractivity contribution in [1.29, 1.82) is 5.41 Å². The number of nitrogens with one attached hydrogen (secondary N) is 2. The highest BCUT2D eigenvalue weighted by atomic mass is 16.4. The molecule has 0 spiro atoms. The Morgan fingerprint density at radius 3 is 2.47 bits per heavy atom. The van der Waals surface area contributed by atoms with Gasteiger partial charge in [0, 0.05) is 18.6 Å². The molecule has 0 rings (SSSR count). The maximum Gasteiger partial charge on any atom is 0.304 e. The Balaban J connectivity index is 4.39. The molecule has 0 heterocycles. The standard InChI is InChI=1S/C11H24N4O2/c1-4-15(8(2)3)9(7-10(16)17)5-6-14-11(12)13/h8-9H,4-7H2,1-3H3,(H,16,17)(H4,12,13,14). The summed E-state index contributed by atoms with van der Waals surface area (Å²) in [6, 6.07) is 0.283. The second-order valence-electron chi connectivity index (χ2n) is 4.31. The van der Waals surface area contributed by atoms with E-state index >= 15 is 0 Å². The number of carbonyl (C=O) groups is 1. The molecule has 0 aromatic heterocycles. The average molecular weight is 244 g/mol. The molecule has 6 heteroatoms. The first-order chi connectivity index (χ1) is 7.88. The number of guanidine groups is 1. The van der Waals surface area contributed by atoms with Crippen LogP contribution in [-0.4, -0.2) is 47.1 Å². The normalized spacial score (nSPS) is 12.8. The second-order valence-corrected chi connectivity index (χ2v) is 4.31. The lowest BCUT2D eigenvalue weighted by atomic mass is 10.1. The van der Waals surface area contributed by atoms with Crippen LogP contribution < -0.4 is 11.1 Å². The molecule has 0 aromatic carbocycles. The Hall–Kier alpha value is -1.30. The van der Waals surface area contributed by atoms with Crippen LogP contribution in [0, 0.1) is 5.41 Å². The van der Waals surface area contributed by atoms with Gasteiger partial charge in [-0.25, -0.2) is 0 Å². The minimum absolute atomic E-state index is 0.0238. The van der Waals surface area contributed by atoms with E-state index < -0.39 is 5.97 Å². The molecular formula is C11H24N4O2. The summed E-state index contributed by atoms with van der Waals surface area (Å²) in [5.74, 6) is -0.872. The zero-order valence-corrected chi connectivity index (χ0v) is 10.9. The molecule has 1 atom stereocenters. The number of carboxylic acid groups (broad SMARTS) is 1. The number of hydrogen-bond donors (Lipinski definition) is 4. The molecule has 100 valence electrons. The largest absolute Gasteiger partial charge is 0.481 e. The van der Waals surface area contributed by atoms with Gasteiger partial charge in [-0.1, -0.05) is 6.92 Å². The van der Waals surface area contributed by atoms with Crippen LogP contribution in [0.2, 0.25) is 0 Å². The van der Waals surface area contributed by atoms with Gasteiger partial charge in [-0.05, 0) is 26.8 Å². The first-order valence-corrected chi connectivity index (χ1v) is 5.93. The summed E-state index contributed by atoms with van der Waals surface area (Å²) < 4.78 is 0. The minimum atomic E-state index is -0.795. The molecule has 0 aliphatic rings. The van der Waals surface area contributed by atoms with Crippen molar-refractivity contribution < 1.29 is 9.90 Å². The van der Waals surface area contributed by atoms with Gasteiger partial charge in [0.15, 0.2) is 5.96 Å². The molecule has 5 N–H and O–H groups in total. The summed E-state index contributed by atoms with van der Waals surface area (Å²) in [6.45, 7) is 7.47. The van der Waals surface area contributed by atoms with Gasteiger partial charge in [0.05, 0.1) is 6.42 Å². The molecule has 0 radical (unpaired) electrons. The first kappa shape index (κ1) is 15.7. The monoisotopic (exact) mass is 244 g/mol. The van der Waals surface area contributed by atoms with Gasteiger partial charge in [0.2, 0.25) is 0 Å². The van der Waals surface area contributed by atoms with E-state index in [1.165, 1.54) is 0 Å². The number of nitrogens with zero attached hydrogens (tertiary/aromatic N) is 1. The predicted octanol–water partition coefficient (Wildman–Crippen LogP) is 0.433. The Kier molecular flexibility index (Phi) is 7.29. The summed E-state index contributed by atoms with van der Waals surface area (Å²) in [6.07, 6.45) is 0.781. The van der Waals surface area contributed by atoms with Gasteiger partial charge < -0.3 is 16.2 Å². The Labute approximate surface area is 103 Å². The molecule has 17 heavy (non-hydrogen) atoms. The zero-order valence-electron chi connectivity index (χ0n) is 10.9. The van der Waals surface area contributed by atoms with E-state index in [2.05, 4.69) is 24.1 Å². The van der Waals surface area contributed by atoms with E-state index in [1.807, 2.05) is 6.92 Å². The molecule has 0 bridgehead atoms. The molecule has 6 nitrogen and oxygen atoms in total.